The van der Waals surface area contributed by atoms with Crippen LogP contribution >= 0.6 is 35.3 Å². The Kier molecular flexibility index (Phi) is 5.18. The van der Waals surface area contributed by atoms with Gasteiger partial charge in [-0.3, -0.25) is 0 Å². The van der Waals surface area contributed by atoms with Crippen LogP contribution in [-0.2, 0) is 10.0 Å². The highest BCUT2D eigenvalue weighted by Gasteiger charge is 2.29. The fourth-order valence-electron chi connectivity index (χ4n) is 2.36. The van der Waals surface area contributed by atoms with Crippen molar-refractivity contribution in [1.82, 2.24) is 4.31 Å². The lowest BCUT2D eigenvalue weighted by Crippen LogP contribution is -2.42. The Balaban J connectivity index is 0.00000161. The van der Waals surface area contributed by atoms with E-state index in [1.807, 2.05) is 6.07 Å². The summed E-state index contributed by atoms with van der Waals surface area (Å²) in [6, 6.07) is 7.24. The smallest absolute Gasteiger partial charge is 0.252 e. The number of nitrogens with two attached hydrogens (primary N) is 1. The van der Waals surface area contributed by atoms with Crippen LogP contribution in [0.25, 0.3) is 10.1 Å². The molecular formula is C13H16Cl2N2O2S2. The summed E-state index contributed by atoms with van der Waals surface area (Å²) in [6.07, 6.45) is 1.44. The largest absolute Gasteiger partial charge is 0.328 e. The lowest BCUT2D eigenvalue weighted by atomic mass is 10.1. The van der Waals surface area contributed by atoms with Gasteiger partial charge in [-0.2, -0.15) is 4.31 Å². The van der Waals surface area contributed by atoms with Crippen LogP contribution in [0.1, 0.15) is 12.8 Å². The molecule has 0 radical (unpaired) electrons. The van der Waals surface area contributed by atoms with Crippen molar-refractivity contribution in [1.29, 1.82) is 0 Å². The lowest BCUT2D eigenvalue weighted by molar-refractivity contribution is 0.320. The summed E-state index contributed by atoms with van der Waals surface area (Å²) < 4.78 is 28.1. The summed E-state index contributed by atoms with van der Waals surface area (Å²) in [5.41, 5.74) is 5.82. The molecule has 0 amide bonds. The van der Waals surface area contributed by atoms with Crippen molar-refractivity contribution in [2.45, 2.75) is 23.1 Å². The highest BCUT2D eigenvalue weighted by Crippen LogP contribution is 2.33. The van der Waals surface area contributed by atoms with Crippen LogP contribution < -0.4 is 5.73 Å². The number of nitrogens with zero attached hydrogens (tertiary/aromatic N) is 1. The molecule has 3 rings (SSSR count). The van der Waals surface area contributed by atoms with Gasteiger partial charge >= 0.3 is 0 Å². The molecular weight excluding hydrogens is 351 g/mol. The molecule has 0 aliphatic carbocycles. The van der Waals surface area contributed by atoms with Crippen molar-refractivity contribution in [2.24, 2.45) is 5.73 Å². The van der Waals surface area contributed by atoms with E-state index in [9.17, 15) is 8.42 Å². The topological polar surface area (TPSA) is 63.4 Å². The Morgan fingerprint density at radius 3 is 2.57 bits per heavy atom. The van der Waals surface area contributed by atoms with E-state index in [1.165, 1.54) is 15.6 Å². The molecule has 0 unspecified atom stereocenters. The van der Waals surface area contributed by atoms with Gasteiger partial charge in [-0.25, -0.2) is 8.42 Å². The first-order chi connectivity index (χ1) is 9.46. The number of fused-ring (bicyclic) bond motifs is 1. The Hall–Kier alpha value is -0.370. The lowest BCUT2D eigenvalue weighted by Gasteiger charge is -2.28. The van der Waals surface area contributed by atoms with Gasteiger partial charge in [0.1, 0.15) is 4.21 Å². The van der Waals surface area contributed by atoms with Gasteiger partial charge < -0.3 is 5.73 Å². The molecule has 1 saturated heterocycles. The molecule has 8 heteroatoms. The van der Waals surface area contributed by atoms with Crippen LogP contribution in [-0.4, -0.2) is 31.9 Å². The predicted molar refractivity (Wildman–Crippen MR) is 90.1 cm³/mol. The maximum atomic E-state index is 12.6. The summed E-state index contributed by atoms with van der Waals surface area (Å²) in [6.45, 7) is 0.997. The summed E-state index contributed by atoms with van der Waals surface area (Å²) in [5, 5.41) is 1.48. The molecule has 4 nitrogen and oxygen atoms in total. The number of piperidine rings is 1. The molecule has 1 aliphatic rings. The minimum Gasteiger partial charge on any atom is -0.328 e. The zero-order chi connectivity index (χ0) is 14.3. The maximum absolute atomic E-state index is 12.6. The fraction of sp³-hybridized carbons (Fsp3) is 0.385. The number of benzene rings is 1. The quantitative estimate of drug-likeness (QED) is 0.887. The second-order valence-corrected chi connectivity index (χ2v) is 8.67. The van der Waals surface area contributed by atoms with E-state index < -0.39 is 10.0 Å². The second-order valence-electron chi connectivity index (χ2n) is 4.99. The van der Waals surface area contributed by atoms with E-state index >= 15 is 0 Å². The third-order valence-electron chi connectivity index (χ3n) is 3.55. The van der Waals surface area contributed by atoms with Gasteiger partial charge in [-0.15, -0.1) is 23.7 Å². The molecule has 0 atom stereocenters. The van der Waals surface area contributed by atoms with Crippen LogP contribution in [0.5, 0.6) is 0 Å². The molecule has 1 aliphatic heterocycles. The van der Waals surface area contributed by atoms with Crippen molar-refractivity contribution in [2.75, 3.05) is 13.1 Å². The summed E-state index contributed by atoms with van der Waals surface area (Å²) in [7, 11) is -3.41. The summed E-state index contributed by atoms with van der Waals surface area (Å²) >= 11 is 7.23. The molecule has 2 aromatic rings. The SMILES string of the molecule is Cl.NC1CCN(S(=O)(=O)c2cc3cc(Cl)ccc3s2)CC1. The fourth-order valence-corrected chi connectivity index (χ4v) is 5.54. The average molecular weight is 367 g/mol. The van der Waals surface area contributed by atoms with Crippen LogP contribution in [0.2, 0.25) is 5.02 Å². The molecule has 1 aromatic heterocycles. The van der Waals surface area contributed by atoms with Crippen LogP contribution in [0.3, 0.4) is 0 Å². The van der Waals surface area contributed by atoms with Crippen molar-refractivity contribution in [3.8, 4) is 0 Å². The molecule has 2 N–H and O–H groups in total. The number of sulfonamides is 1. The standard InChI is InChI=1S/C13H15ClN2O2S2.ClH/c14-10-1-2-12-9(7-10)8-13(19-12)20(17,18)16-5-3-11(15)4-6-16;/h1-2,7-8,11H,3-6,15H2;1H. The number of halogens is 2. The Bertz CT molecular complexity index is 738. The van der Waals surface area contributed by atoms with E-state index in [2.05, 4.69) is 0 Å². The van der Waals surface area contributed by atoms with Crippen molar-refractivity contribution < 1.29 is 8.42 Å². The van der Waals surface area contributed by atoms with Gasteiger partial charge in [0.05, 0.1) is 0 Å². The normalized spacial score (nSPS) is 17.8. The van der Waals surface area contributed by atoms with Crippen molar-refractivity contribution in [3.05, 3.63) is 29.3 Å². The summed E-state index contributed by atoms with van der Waals surface area (Å²) in [4.78, 5) is 0. The third-order valence-corrected chi connectivity index (χ3v) is 7.25. The van der Waals surface area contributed by atoms with Gasteiger partial charge in [0.15, 0.2) is 0 Å². The second kappa shape index (κ2) is 6.40. The minimum absolute atomic E-state index is 0. The highest BCUT2D eigenvalue weighted by atomic mass is 35.5. The number of hydrogen-bond acceptors (Lipinski definition) is 4. The molecule has 116 valence electrons. The zero-order valence-corrected chi connectivity index (χ0v) is 14.4. The average Bonchev–Trinajstić information content (AvgIpc) is 2.83. The molecule has 1 fully saturated rings. The molecule has 2 heterocycles. The van der Waals surface area contributed by atoms with Gasteiger partial charge in [-0.05, 0) is 42.5 Å². The monoisotopic (exact) mass is 366 g/mol. The Morgan fingerprint density at radius 2 is 1.90 bits per heavy atom. The Morgan fingerprint density at radius 1 is 1.24 bits per heavy atom. The minimum atomic E-state index is -3.41. The first kappa shape index (κ1) is 17.0. The molecule has 0 spiro atoms. The zero-order valence-electron chi connectivity index (χ0n) is 11.2. The molecule has 21 heavy (non-hydrogen) atoms. The molecule has 0 saturated carbocycles. The number of thiophene rings is 1. The van der Waals surface area contributed by atoms with Gasteiger partial charge in [0.2, 0.25) is 0 Å². The van der Waals surface area contributed by atoms with Gasteiger partial charge in [0, 0.05) is 28.9 Å². The van der Waals surface area contributed by atoms with Crippen LogP contribution in [0.15, 0.2) is 28.5 Å². The van der Waals surface area contributed by atoms with E-state index in [0.717, 1.165) is 22.9 Å². The van der Waals surface area contributed by atoms with Gasteiger partial charge in [-0.1, -0.05) is 11.6 Å². The first-order valence-corrected chi connectivity index (χ1v) is 9.05. The third kappa shape index (κ3) is 3.36. The number of hydrogen-bond donors (Lipinski definition) is 1. The van der Waals surface area contributed by atoms with E-state index in [1.54, 1.807) is 18.2 Å². The Labute approximate surface area is 139 Å². The van der Waals surface area contributed by atoms with Crippen LogP contribution in [0, 0.1) is 0 Å². The van der Waals surface area contributed by atoms with Crippen molar-refractivity contribution >= 4 is 55.5 Å². The number of rotatable bonds is 2. The van der Waals surface area contributed by atoms with E-state index in [0.29, 0.717) is 22.3 Å². The first-order valence-electron chi connectivity index (χ1n) is 6.41. The molecule has 1 aromatic carbocycles. The van der Waals surface area contributed by atoms with Crippen molar-refractivity contribution in [3.63, 3.8) is 0 Å². The van der Waals surface area contributed by atoms with Gasteiger partial charge in [0.25, 0.3) is 10.0 Å². The maximum Gasteiger partial charge on any atom is 0.252 e. The van der Waals surface area contributed by atoms with Crippen LogP contribution in [0.4, 0.5) is 0 Å². The molecule has 0 bridgehead atoms. The summed E-state index contributed by atoms with van der Waals surface area (Å²) in [5.74, 6) is 0. The van der Waals surface area contributed by atoms with E-state index in [4.69, 9.17) is 17.3 Å². The van der Waals surface area contributed by atoms with E-state index in [-0.39, 0.29) is 18.4 Å². The predicted octanol–water partition coefficient (Wildman–Crippen LogP) is 3.09. The highest BCUT2D eigenvalue weighted by molar-refractivity contribution is 7.91.